The molecule has 0 N–H and O–H groups in total. The normalized spacial score (nSPS) is 16.2. The van der Waals surface area contributed by atoms with Crippen molar-refractivity contribution >= 4 is 11.6 Å². The molecule has 1 saturated carbocycles. The molecule has 44 heavy (non-hydrogen) atoms. The molecule has 2 aliphatic rings. The minimum absolute atomic E-state index is 0.132. The van der Waals surface area contributed by atoms with E-state index >= 15 is 0 Å². The third-order valence-electron chi connectivity index (χ3n) is 9.56. The van der Waals surface area contributed by atoms with Gasteiger partial charge >= 0.3 is 0 Å². The summed E-state index contributed by atoms with van der Waals surface area (Å²) in [5.41, 5.74) is 5.81. The number of amides is 1. The highest BCUT2D eigenvalue weighted by Gasteiger charge is 2.24. The largest absolute Gasteiger partial charge is 0.369 e. The molecule has 5 heteroatoms. The van der Waals surface area contributed by atoms with Crippen molar-refractivity contribution in [3.8, 4) is 0 Å². The molecule has 2 fully saturated rings. The second-order valence-corrected chi connectivity index (χ2v) is 12.6. The maximum atomic E-state index is 14.0. The molecular weight excluding hydrogens is 540 g/mol. The molecule has 4 aromatic rings. The highest BCUT2D eigenvalue weighted by molar-refractivity contribution is 5.95. The van der Waals surface area contributed by atoms with E-state index in [1.807, 2.05) is 18.3 Å². The minimum atomic E-state index is 0.132. The molecule has 5 nitrogen and oxygen atoms in total. The number of rotatable bonds is 11. The van der Waals surface area contributed by atoms with Crippen LogP contribution in [0.15, 0.2) is 109 Å². The number of aromatic nitrogens is 1. The van der Waals surface area contributed by atoms with Crippen LogP contribution < -0.4 is 4.90 Å². The van der Waals surface area contributed by atoms with Crippen molar-refractivity contribution in [2.24, 2.45) is 5.92 Å². The first-order valence-electron chi connectivity index (χ1n) is 16.6. The highest BCUT2D eigenvalue weighted by Crippen LogP contribution is 2.29. The number of benzene rings is 3. The van der Waals surface area contributed by atoms with Gasteiger partial charge in [-0.1, -0.05) is 92.1 Å². The Labute approximate surface area is 263 Å². The molecule has 0 unspecified atom stereocenters. The molecule has 0 radical (unpaired) electrons. The number of piperazine rings is 1. The Bertz CT molecular complexity index is 1390. The Morgan fingerprint density at radius 1 is 0.795 bits per heavy atom. The van der Waals surface area contributed by atoms with Crippen LogP contribution in [0.5, 0.6) is 0 Å². The average molecular weight is 587 g/mol. The molecule has 228 valence electrons. The Balaban J connectivity index is 1.08. The van der Waals surface area contributed by atoms with Crippen molar-refractivity contribution in [2.45, 2.75) is 51.0 Å². The standard InChI is InChI=1S/C39H46N4O/c44-39(43(30-32-12-4-1-5-13-32)31-33-14-11-22-40-29-33)36-19-10-20-37(28-36)42-26-24-41(25-27-42)23-21-38(34-15-6-2-7-16-34)35-17-8-3-9-18-35/h2-3,6-11,14-20,22,28-29,32,38H,1,4-5,12-13,21,23-27,30-31H2. The van der Waals surface area contributed by atoms with Gasteiger partial charge < -0.3 is 9.80 Å². The number of carbonyl (C=O) groups is 1. The molecule has 1 aliphatic heterocycles. The van der Waals surface area contributed by atoms with Gasteiger partial charge in [0.25, 0.3) is 5.91 Å². The zero-order chi connectivity index (χ0) is 30.0. The summed E-state index contributed by atoms with van der Waals surface area (Å²) in [5.74, 6) is 1.12. The summed E-state index contributed by atoms with van der Waals surface area (Å²) in [7, 11) is 0. The molecule has 3 aromatic carbocycles. The number of hydrogen-bond donors (Lipinski definition) is 0. The Morgan fingerprint density at radius 3 is 2.16 bits per heavy atom. The number of hydrogen-bond acceptors (Lipinski definition) is 4. The predicted octanol–water partition coefficient (Wildman–Crippen LogP) is 7.65. The smallest absolute Gasteiger partial charge is 0.254 e. The lowest BCUT2D eigenvalue weighted by atomic mass is 9.88. The van der Waals surface area contributed by atoms with Gasteiger partial charge in [0, 0.05) is 68.8 Å². The molecule has 6 rings (SSSR count). The van der Waals surface area contributed by atoms with E-state index in [-0.39, 0.29) is 5.91 Å². The van der Waals surface area contributed by atoms with Crippen molar-refractivity contribution in [2.75, 3.05) is 44.2 Å². The van der Waals surface area contributed by atoms with E-state index in [0.717, 1.165) is 62.5 Å². The second kappa shape index (κ2) is 15.2. The minimum Gasteiger partial charge on any atom is -0.369 e. The van der Waals surface area contributed by atoms with Gasteiger partial charge in [0.15, 0.2) is 0 Å². The maximum Gasteiger partial charge on any atom is 0.254 e. The molecule has 0 bridgehead atoms. The zero-order valence-corrected chi connectivity index (χ0v) is 25.9. The van der Waals surface area contributed by atoms with Crippen LogP contribution in [0.2, 0.25) is 0 Å². The fraction of sp³-hybridized carbons (Fsp3) is 0.385. The van der Waals surface area contributed by atoms with Crippen molar-refractivity contribution < 1.29 is 4.79 Å². The third-order valence-corrected chi connectivity index (χ3v) is 9.56. The lowest BCUT2D eigenvalue weighted by molar-refractivity contribution is 0.0699. The summed E-state index contributed by atoms with van der Waals surface area (Å²) in [5, 5.41) is 0. The van der Waals surface area contributed by atoms with Gasteiger partial charge in [-0.05, 0) is 72.7 Å². The van der Waals surface area contributed by atoms with Gasteiger partial charge in [-0.3, -0.25) is 14.7 Å². The van der Waals surface area contributed by atoms with Gasteiger partial charge in [0.05, 0.1) is 0 Å². The van der Waals surface area contributed by atoms with E-state index in [1.54, 1.807) is 6.20 Å². The topological polar surface area (TPSA) is 39.7 Å². The van der Waals surface area contributed by atoms with Crippen LogP contribution in [0, 0.1) is 5.92 Å². The Morgan fingerprint density at radius 2 is 1.50 bits per heavy atom. The van der Waals surface area contributed by atoms with Crippen molar-refractivity contribution in [1.29, 1.82) is 0 Å². The quantitative estimate of drug-likeness (QED) is 0.181. The van der Waals surface area contributed by atoms with E-state index < -0.39 is 0 Å². The highest BCUT2D eigenvalue weighted by atomic mass is 16.2. The van der Waals surface area contributed by atoms with E-state index in [0.29, 0.717) is 18.4 Å². The number of carbonyl (C=O) groups excluding carboxylic acids is 1. The molecular formula is C39H46N4O. The van der Waals surface area contributed by atoms with Gasteiger partial charge in [0.1, 0.15) is 0 Å². The van der Waals surface area contributed by atoms with E-state index in [2.05, 4.69) is 105 Å². The average Bonchev–Trinajstić information content (AvgIpc) is 3.10. The molecule has 0 atom stereocenters. The Kier molecular flexibility index (Phi) is 10.4. The van der Waals surface area contributed by atoms with Crippen LogP contribution in [0.4, 0.5) is 5.69 Å². The summed E-state index contributed by atoms with van der Waals surface area (Å²) < 4.78 is 0. The maximum absolute atomic E-state index is 14.0. The first-order valence-corrected chi connectivity index (χ1v) is 16.6. The molecule has 0 spiro atoms. The van der Waals surface area contributed by atoms with Crippen molar-refractivity contribution in [3.63, 3.8) is 0 Å². The summed E-state index contributed by atoms with van der Waals surface area (Å²) >= 11 is 0. The number of nitrogens with zero attached hydrogens (tertiary/aromatic N) is 4. The van der Waals surface area contributed by atoms with Gasteiger partial charge in [-0.2, -0.15) is 0 Å². The summed E-state index contributed by atoms with van der Waals surface area (Å²) in [4.78, 5) is 25.4. The van der Waals surface area contributed by atoms with E-state index in [1.165, 1.54) is 43.2 Å². The number of anilines is 1. The SMILES string of the molecule is O=C(c1cccc(N2CCN(CCC(c3ccccc3)c3ccccc3)CC2)c1)N(Cc1cccnc1)CC1CCCCC1. The van der Waals surface area contributed by atoms with Crippen LogP contribution in [-0.4, -0.2) is 60.0 Å². The van der Waals surface area contributed by atoms with Gasteiger partial charge in [0.2, 0.25) is 0 Å². The van der Waals surface area contributed by atoms with Crippen molar-refractivity contribution in [3.05, 3.63) is 132 Å². The number of pyridine rings is 1. The van der Waals surface area contributed by atoms with Gasteiger partial charge in [-0.15, -0.1) is 0 Å². The van der Waals surface area contributed by atoms with Crippen LogP contribution in [0.25, 0.3) is 0 Å². The third kappa shape index (κ3) is 7.95. The summed E-state index contributed by atoms with van der Waals surface area (Å²) in [6.07, 6.45) is 11.1. The predicted molar refractivity (Wildman–Crippen MR) is 180 cm³/mol. The zero-order valence-electron chi connectivity index (χ0n) is 25.9. The molecule has 1 aliphatic carbocycles. The van der Waals surface area contributed by atoms with Gasteiger partial charge in [-0.25, -0.2) is 0 Å². The lowest BCUT2D eigenvalue weighted by Crippen LogP contribution is -2.47. The van der Waals surface area contributed by atoms with Crippen LogP contribution in [-0.2, 0) is 6.54 Å². The molecule has 2 heterocycles. The summed E-state index contributed by atoms with van der Waals surface area (Å²) in [6, 6.07) is 34.2. The van der Waals surface area contributed by atoms with E-state index in [9.17, 15) is 4.79 Å². The Hall–Kier alpha value is -3.96. The lowest BCUT2D eigenvalue weighted by Gasteiger charge is -2.37. The summed E-state index contributed by atoms with van der Waals surface area (Å²) in [6.45, 7) is 6.52. The molecule has 1 saturated heterocycles. The van der Waals surface area contributed by atoms with Crippen LogP contribution in [0.1, 0.15) is 71.5 Å². The monoisotopic (exact) mass is 586 g/mol. The van der Waals surface area contributed by atoms with Crippen LogP contribution >= 0.6 is 0 Å². The molecule has 1 amide bonds. The van der Waals surface area contributed by atoms with Crippen molar-refractivity contribution in [1.82, 2.24) is 14.8 Å². The molecule has 1 aromatic heterocycles. The first-order chi connectivity index (χ1) is 21.7. The first kappa shape index (κ1) is 30.1. The fourth-order valence-corrected chi connectivity index (χ4v) is 7.07. The van der Waals surface area contributed by atoms with Crippen LogP contribution in [0.3, 0.4) is 0 Å². The fourth-order valence-electron chi connectivity index (χ4n) is 7.07. The van der Waals surface area contributed by atoms with E-state index in [4.69, 9.17) is 0 Å². The second-order valence-electron chi connectivity index (χ2n) is 12.6.